The molecule has 1 aliphatic rings. The molecule has 11 aromatic carbocycles. The molecular formula is C60H36N2O3. The SMILES string of the molecule is [2H]c1c([2H])c([2H])c(N(c2ccc3c(c2)Oc2cccc4c2c-3cc2c3ccccc3c(N(c3c([2H])c([2H])c([2H])c([2H])c3[2H])c3cccc5c3oc3ccccc35)cc42)c2cccc3c2oc2ccccc23)c([2H])c1[2H]. The van der Waals surface area contributed by atoms with Gasteiger partial charge in [0.25, 0.3) is 0 Å². The predicted octanol–water partition coefficient (Wildman–Crippen LogP) is 17.7. The minimum atomic E-state index is -0.508. The molecule has 3 heterocycles. The van der Waals surface area contributed by atoms with Gasteiger partial charge in [-0.3, -0.25) is 0 Å². The van der Waals surface area contributed by atoms with Crippen LogP contribution in [0.3, 0.4) is 0 Å². The third-order valence-corrected chi connectivity index (χ3v) is 12.6. The first-order chi connectivity index (χ1) is 36.4. The maximum absolute atomic E-state index is 9.37. The molecule has 5 nitrogen and oxygen atoms in total. The van der Waals surface area contributed by atoms with Crippen LogP contribution in [0.15, 0.2) is 227 Å². The van der Waals surface area contributed by atoms with Crippen LogP contribution in [-0.2, 0) is 0 Å². The monoisotopic (exact) mass is 842 g/mol. The summed E-state index contributed by atoms with van der Waals surface area (Å²) in [6, 6.07) is 45.6. The summed E-state index contributed by atoms with van der Waals surface area (Å²) in [7, 11) is 0. The van der Waals surface area contributed by atoms with Crippen LogP contribution in [0.4, 0.5) is 34.1 Å². The Balaban J connectivity index is 1.02. The van der Waals surface area contributed by atoms with Crippen molar-refractivity contribution in [2.24, 2.45) is 0 Å². The summed E-state index contributed by atoms with van der Waals surface area (Å²) >= 11 is 0. The smallest absolute Gasteiger partial charge is 0.159 e. The van der Waals surface area contributed by atoms with Gasteiger partial charge in [-0.25, -0.2) is 0 Å². The topological polar surface area (TPSA) is 42.0 Å². The molecule has 0 atom stereocenters. The highest BCUT2D eigenvalue weighted by molar-refractivity contribution is 6.26. The minimum Gasteiger partial charge on any atom is -0.456 e. The summed E-state index contributed by atoms with van der Waals surface area (Å²) in [5.41, 5.74) is 5.70. The molecule has 0 spiro atoms. The number of anilines is 6. The zero-order valence-electron chi connectivity index (χ0n) is 44.1. The molecule has 0 aliphatic carbocycles. The minimum absolute atomic E-state index is 0.0385. The lowest BCUT2D eigenvalue weighted by Crippen LogP contribution is -2.11. The molecule has 0 N–H and O–H groups in total. The van der Waals surface area contributed by atoms with E-state index in [1.165, 1.54) is 0 Å². The Kier molecular flexibility index (Phi) is 5.82. The van der Waals surface area contributed by atoms with Crippen molar-refractivity contribution in [3.05, 3.63) is 218 Å². The summed E-state index contributed by atoms with van der Waals surface area (Å²) < 4.78 is 109. The Hall–Kier alpha value is -8.80. The average molecular weight is 843 g/mol. The van der Waals surface area contributed by atoms with E-state index in [4.69, 9.17) is 21.8 Å². The van der Waals surface area contributed by atoms with Crippen molar-refractivity contribution in [3.63, 3.8) is 0 Å². The zero-order chi connectivity index (χ0) is 51.3. The van der Waals surface area contributed by atoms with E-state index in [1.807, 2.05) is 152 Å². The second-order valence-corrected chi connectivity index (χ2v) is 16.0. The van der Waals surface area contributed by atoms with Gasteiger partial charge >= 0.3 is 0 Å². The van der Waals surface area contributed by atoms with Crippen molar-refractivity contribution < 1.29 is 27.3 Å². The van der Waals surface area contributed by atoms with E-state index >= 15 is 0 Å². The van der Waals surface area contributed by atoms with Crippen molar-refractivity contribution in [2.75, 3.05) is 9.80 Å². The number of hydrogen-bond donors (Lipinski definition) is 0. The maximum Gasteiger partial charge on any atom is 0.159 e. The number of nitrogens with zero attached hydrogens (tertiary/aromatic N) is 2. The van der Waals surface area contributed by atoms with Crippen LogP contribution in [0.1, 0.15) is 13.7 Å². The lowest BCUT2D eigenvalue weighted by atomic mass is 9.88. The Morgan fingerprint density at radius 3 is 1.55 bits per heavy atom. The van der Waals surface area contributed by atoms with Gasteiger partial charge in [0.1, 0.15) is 22.7 Å². The highest BCUT2D eigenvalue weighted by atomic mass is 16.5. The van der Waals surface area contributed by atoms with Crippen LogP contribution in [0, 0.1) is 0 Å². The van der Waals surface area contributed by atoms with E-state index in [9.17, 15) is 5.48 Å². The molecule has 0 saturated heterocycles. The van der Waals surface area contributed by atoms with Gasteiger partial charge in [-0.05, 0) is 106 Å². The molecule has 2 aromatic heterocycles. The summed E-state index contributed by atoms with van der Waals surface area (Å²) in [5, 5.41) is 8.25. The van der Waals surface area contributed by atoms with Crippen molar-refractivity contribution >= 4 is 110 Å². The van der Waals surface area contributed by atoms with Gasteiger partial charge in [-0.15, -0.1) is 0 Å². The molecule has 0 bridgehead atoms. The Bertz CT molecular complexity index is 4630. The molecule has 14 rings (SSSR count). The second-order valence-electron chi connectivity index (χ2n) is 16.0. The van der Waals surface area contributed by atoms with Gasteiger partial charge in [0, 0.05) is 55.3 Å². The number of rotatable bonds is 6. The van der Waals surface area contributed by atoms with Crippen LogP contribution in [0.2, 0.25) is 0 Å². The number of hydrogen-bond acceptors (Lipinski definition) is 5. The van der Waals surface area contributed by atoms with Crippen molar-refractivity contribution in [1.82, 2.24) is 0 Å². The number of furan rings is 2. The summed E-state index contributed by atoms with van der Waals surface area (Å²) in [4.78, 5) is 3.38. The van der Waals surface area contributed by atoms with Crippen LogP contribution >= 0.6 is 0 Å². The van der Waals surface area contributed by atoms with Crippen LogP contribution in [0.25, 0.3) is 87.3 Å². The molecule has 0 saturated carbocycles. The zero-order valence-corrected chi connectivity index (χ0v) is 34.1. The van der Waals surface area contributed by atoms with Crippen LogP contribution in [0.5, 0.6) is 11.5 Å². The van der Waals surface area contributed by atoms with E-state index in [-0.39, 0.29) is 35.5 Å². The third-order valence-electron chi connectivity index (χ3n) is 12.6. The molecule has 304 valence electrons. The highest BCUT2D eigenvalue weighted by Crippen LogP contribution is 2.54. The number of para-hydroxylation sites is 6. The number of ether oxygens (including phenoxy) is 1. The molecule has 0 amide bonds. The maximum atomic E-state index is 9.37. The fraction of sp³-hybridized carbons (Fsp3) is 0. The normalized spacial score (nSPS) is 14.3. The van der Waals surface area contributed by atoms with E-state index in [2.05, 4.69) is 6.07 Å². The average Bonchev–Trinajstić information content (AvgIpc) is 4.08. The van der Waals surface area contributed by atoms with E-state index in [1.54, 1.807) is 9.80 Å². The largest absolute Gasteiger partial charge is 0.456 e. The molecule has 65 heavy (non-hydrogen) atoms. The second kappa shape index (κ2) is 13.9. The van der Waals surface area contributed by atoms with E-state index in [0.29, 0.717) is 56.6 Å². The Morgan fingerprint density at radius 2 is 0.877 bits per heavy atom. The Labute approximate surface area is 387 Å². The fourth-order valence-corrected chi connectivity index (χ4v) is 9.85. The van der Waals surface area contributed by atoms with Crippen LogP contribution < -0.4 is 14.5 Å². The van der Waals surface area contributed by atoms with E-state index < -0.39 is 36.3 Å². The van der Waals surface area contributed by atoms with Crippen molar-refractivity contribution in [3.8, 4) is 22.6 Å². The van der Waals surface area contributed by atoms with Gasteiger partial charge < -0.3 is 23.4 Å². The molecule has 5 heteroatoms. The first kappa shape index (κ1) is 27.3. The van der Waals surface area contributed by atoms with Crippen LogP contribution in [-0.4, -0.2) is 0 Å². The molecule has 0 fully saturated rings. The summed E-state index contributed by atoms with van der Waals surface area (Å²) in [5.74, 6) is 1.01. The van der Waals surface area contributed by atoms with E-state index in [0.717, 1.165) is 65.0 Å². The molecular weight excluding hydrogens is 797 g/mol. The predicted molar refractivity (Wildman–Crippen MR) is 268 cm³/mol. The van der Waals surface area contributed by atoms with Gasteiger partial charge in [-0.1, -0.05) is 133 Å². The Morgan fingerprint density at radius 1 is 0.338 bits per heavy atom. The molecule has 0 unspecified atom stereocenters. The van der Waals surface area contributed by atoms with Crippen molar-refractivity contribution in [1.29, 1.82) is 0 Å². The third kappa shape index (κ3) is 5.33. The molecule has 13 aromatic rings. The lowest BCUT2D eigenvalue weighted by molar-refractivity contribution is 0.487. The van der Waals surface area contributed by atoms with Gasteiger partial charge in [0.2, 0.25) is 0 Å². The van der Waals surface area contributed by atoms with Gasteiger partial charge in [0.15, 0.2) is 11.2 Å². The van der Waals surface area contributed by atoms with Gasteiger partial charge in [0.05, 0.1) is 36.5 Å². The molecule has 0 radical (unpaired) electrons. The number of benzene rings is 11. The number of fused-ring (bicyclic) bond motifs is 12. The molecule has 1 aliphatic heterocycles. The summed E-state index contributed by atoms with van der Waals surface area (Å²) in [6.07, 6.45) is 0. The first-order valence-electron chi connectivity index (χ1n) is 26.2. The highest BCUT2D eigenvalue weighted by Gasteiger charge is 2.28. The fourth-order valence-electron chi connectivity index (χ4n) is 9.85. The standard InChI is InChI=1S/C60H36N2O3/c1-3-16-37(17-4-1)61(51-27-13-25-46-42-22-9-11-29-54(42)64-59(46)51)39-32-33-44-50-35-48-40-20-7-8-21-41(40)53(36-49(48)45-24-15-31-56(58(45)50)63-57(44)34-39)62(38-18-5-2-6-19-38)52-28-14-26-47-43-23-10-12-30-55(43)65-60(47)52/h1-36H/i1D,2D,3D,4D,5D,6D,16D,17D,18D,19D. The van der Waals surface area contributed by atoms with Crippen molar-refractivity contribution in [2.45, 2.75) is 0 Å². The quantitative estimate of drug-likeness (QED) is 0.156. The lowest BCUT2D eigenvalue weighted by Gasteiger charge is -2.29. The van der Waals surface area contributed by atoms with Gasteiger partial charge in [-0.2, -0.15) is 0 Å². The summed E-state index contributed by atoms with van der Waals surface area (Å²) in [6.45, 7) is 0. The first-order valence-corrected chi connectivity index (χ1v) is 21.2.